The van der Waals surface area contributed by atoms with Crippen LogP contribution in [0.4, 0.5) is 0 Å². The Hall–Kier alpha value is -1.75. The van der Waals surface area contributed by atoms with Gasteiger partial charge in [0.15, 0.2) is 0 Å². The molecule has 5 nitrogen and oxygen atoms in total. The lowest BCUT2D eigenvalue weighted by Crippen LogP contribution is -2.32. The molecule has 0 fully saturated rings. The van der Waals surface area contributed by atoms with Crippen molar-refractivity contribution in [1.29, 1.82) is 0 Å². The zero-order chi connectivity index (χ0) is 14.4. The van der Waals surface area contributed by atoms with Gasteiger partial charge >= 0.3 is 0 Å². The first-order valence-corrected chi connectivity index (χ1v) is 6.24. The van der Waals surface area contributed by atoms with Gasteiger partial charge in [-0.05, 0) is 19.9 Å². The Morgan fingerprint density at radius 1 is 1.32 bits per heavy atom. The molecule has 0 heterocycles. The molecule has 1 atom stereocenters. The third-order valence-corrected chi connectivity index (χ3v) is 2.70. The smallest absolute Gasteiger partial charge is 0.222 e. The highest BCUT2D eigenvalue weighted by Crippen LogP contribution is 2.29. The Morgan fingerprint density at radius 3 is 2.53 bits per heavy atom. The summed E-state index contributed by atoms with van der Waals surface area (Å²) >= 11 is 0. The lowest BCUT2D eigenvalue weighted by Gasteiger charge is -2.17. The van der Waals surface area contributed by atoms with E-state index in [1.54, 1.807) is 26.4 Å². The van der Waals surface area contributed by atoms with Crippen molar-refractivity contribution in [2.24, 2.45) is 5.73 Å². The molecule has 19 heavy (non-hydrogen) atoms. The van der Waals surface area contributed by atoms with Crippen LogP contribution in [-0.4, -0.2) is 26.2 Å². The van der Waals surface area contributed by atoms with Crippen molar-refractivity contribution >= 4 is 5.91 Å². The van der Waals surface area contributed by atoms with Crippen molar-refractivity contribution in [3.63, 3.8) is 0 Å². The normalized spacial score (nSPS) is 12.1. The number of nitrogens with one attached hydrogen (secondary N) is 1. The third kappa shape index (κ3) is 4.44. The van der Waals surface area contributed by atoms with E-state index in [2.05, 4.69) is 5.32 Å². The number of nitrogens with two attached hydrogens (primary N) is 1. The van der Waals surface area contributed by atoms with E-state index in [9.17, 15) is 4.79 Å². The molecular weight excluding hydrogens is 244 g/mol. The van der Waals surface area contributed by atoms with Crippen molar-refractivity contribution < 1.29 is 14.3 Å². The summed E-state index contributed by atoms with van der Waals surface area (Å²) in [5.74, 6) is 1.25. The highest BCUT2D eigenvalue weighted by atomic mass is 16.5. The van der Waals surface area contributed by atoms with Crippen LogP contribution in [0.2, 0.25) is 0 Å². The summed E-state index contributed by atoms with van der Waals surface area (Å²) in [7, 11) is 3.16. The first-order valence-electron chi connectivity index (χ1n) is 6.24. The zero-order valence-electron chi connectivity index (χ0n) is 11.9. The van der Waals surface area contributed by atoms with Crippen LogP contribution < -0.4 is 20.5 Å². The van der Waals surface area contributed by atoms with Gasteiger partial charge in [0.25, 0.3) is 0 Å². The predicted molar refractivity (Wildman–Crippen MR) is 74.4 cm³/mol. The average Bonchev–Trinajstić information content (AvgIpc) is 2.36. The third-order valence-electron chi connectivity index (χ3n) is 2.70. The Labute approximate surface area is 114 Å². The van der Waals surface area contributed by atoms with E-state index in [-0.39, 0.29) is 18.4 Å². The lowest BCUT2D eigenvalue weighted by molar-refractivity contribution is -0.121. The van der Waals surface area contributed by atoms with E-state index in [0.717, 1.165) is 5.56 Å². The molecule has 1 amide bonds. The van der Waals surface area contributed by atoms with Gasteiger partial charge in [-0.3, -0.25) is 4.79 Å². The highest BCUT2D eigenvalue weighted by Gasteiger charge is 2.16. The molecule has 0 aliphatic heterocycles. The average molecular weight is 266 g/mol. The zero-order valence-corrected chi connectivity index (χ0v) is 11.9. The van der Waals surface area contributed by atoms with E-state index >= 15 is 0 Å². The fourth-order valence-corrected chi connectivity index (χ4v) is 1.82. The van der Waals surface area contributed by atoms with Gasteiger partial charge < -0.3 is 20.5 Å². The number of ether oxygens (including phenoxy) is 2. The second kappa shape index (κ2) is 6.99. The number of carbonyl (C=O) groups is 1. The fourth-order valence-electron chi connectivity index (χ4n) is 1.82. The van der Waals surface area contributed by atoms with Gasteiger partial charge in [-0.15, -0.1) is 0 Å². The SMILES string of the molecule is COc1ccc(C(N)CC(=O)NC(C)C)c(OC)c1. The molecule has 0 saturated heterocycles. The number of hydrogen-bond donors (Lipinski definition) is 2. The lowest BCUT2D eigenvalue weighted by atomic mass is 10.0. The summed E-state index contributed by atoms with van der Waals surface area (Å²) in [5, 5.41) is 2.82. The van der Waals surface area contributed by atoms with Crippen LogP contribution in [0.25, 0.3) is 0 Å². The molecule has 5 heteroatoms. The molecule has 0 spiro atoms. The fraction of sp³-hybridized carbons (Fsp3) is 0.500. The summed E-state index contributed by atoms with van der Waals surface area (Å²) in [6.07, 6.45) is 0.223. The molecule has 0 saturated carbocycles. The van der Waals surface area contributed by atoms with Gasteiger partial charge in [0.2, 0.25) is 5.91 Å². The van der Waals surface area contributed by atoms with Crippen molar-refractivity contribution in [2.45, 2.75) is 32.4 Å². The Balaban J connectivity index is 2.81. The van der Waals surface area contributed by atoms with Crippen LogP contribution in [0.3, 0.4) is 0 Å². The molecule has 106 valence electrons. The van der Waals surface area contributed by atoms with Crippen LogP contribution in [0.5, 0.6) is 11.5 Å². The Morgan fingerprint density at radius 2 is 2.00 bits per heavy atom. The number of carbonyl (C=O) groups excluding carboxylic acids is 1. The van der Waals surface area contributed by atoms with E-state index in [4.69, 9.17) is 15.2 Å². The highest BCUT2D eigenvalue weighted by molar-refractivity contribution is 5.77. The van der Waals surface area contributed by atoms with Gasteiger partial charge in [0.1, 0.15) is 11.5 Å². The maximum absolute atomic E-state index is 11.7. The van der Waals surface area contributed by atoms with Crippen LogP contribution in [0, 0.1) is 0 Å². The molecule has 0 bridgehead atoms. The van der Waals surface area contributed by atoms with E-state index in [0.29, 0.717) is 11.5 Å². The van der Waals surface area contributed by atoms with Gasteiger partial charge in [-0.2, -0.15) is 0 Å². The maximum Gasteiger partial charge on any atom is 0.222 e. The number of amides is 1. The van der Waals surface area contributed by atoms with Gasteiger partial charge in [0.05, 0.1) is 14.2 Å². The largest absolute Gasteiger partial charge is 0.497 e. The van der Waals surface area contributed by atoms with Gasteiger partial charge in [-0.1, -0.05) is 6.07 Å². The number of methoxy groups -OCH3 is 2. The molecule has 0 radical (unpaired) electrons. The molecule has 1 aromatic rings. The predicted octanol–water partition coefficient (Wildman–Crippen LogP) is 1.62. The van der Waals surface area contributed by atoms with E-state index < -0.39 is 6.04 Å². The second-order valence-corrected chi connectivity index (χ2v) is 4.64. The summed E-state index contributed by atoms with van der Waals surface area (Å²) in [6.45, 7) is 3.83. The van der Waals surface area contributed by atoms with Crippen molar-refractivity contribution in [3.8, 4) is 11.5 Å². The molecule has 1 rings (SSSR count). The van der Waals surface area contributed by atoms with E-state index in [1.165, 1.54) is 0 Å². The summed E-state index contributed by atoms with van der Waals surface area (Å²) in [4.78, 5) is 11.7. The van der Waals surface area contributed by atoms with Crippen molar-refractivity contribution in [3.05, 3.63) is 23.8 Å². The molecule has 0 aliphatic carbocycles. The van der Waals surface area contributed by atoms with Crippen LogP contribution in [-0.2, 0) is 4.79 Å². The Bertz CT molecular complexity index is 433. The number of rotatable bonds is 6. The van der Waals surface area contributed by atoms with Gasteiger partial charge in [-0.25, -0.2) is 0 Å². The minimum Gasteiger partial charge on any atom is -0.497 e. The quantitative estimate of drug-likeness (QED) is 0.820. The van der Waals surface area contributed by atoms with Crippen molar-refractivity contribution in [2.75, 3.05) is 14.2 Å². The van der Waals surface area contributed by atoms with Crippen LogP contribution in [0.1, 0.15) is 31.9 Å². The summed E-state index contributed by atoms with van der Waals surface area (Å²) in [6, 6.07) is 5.09. The number of benzene rings is 1. The summed E-state index contributed by atoms with van der Waals surface area (Å²) in [5.41, 5.74) is 6.85. The maximum atomic E-state index is 11.7. The molecule has 0 aliphatic rings. The number of hydrogen-bond acceptors (Lipinski definition) is 4. The minimum atomic E-state index is -0.403. The van der Waals surface area contributed by atoms with Gasteiger partial charge in [0, 0.05) is 30.1 Å². The molecular formula is C14H22N2O3. The summed E-state index contributed by atoms with van der Waals surface area (Å²) < 4.78 is 10.4. The minimum absolute atomic E-state index is 0.0691. The van der Waals surface area contributed by atoms with Crippen molar-refractivity contribution in [1.82, 2.24) is 5.32 Å². The monoisotopic (exact) mass is 266 g/mol. The first kappa shape index (κ1) is 15.3. The topological polar surface area (TPSA) is 73.6 Å². The van der Waals surface area contributed by atoms with E-state index in [1.807, 2.05) is 19.9 Å². The first-order chi connectivity index (χ1) is 8.97. The molecule has 1 unspecified atom stereocenters. The van der Waals surface area contributed by atoms with Crippen LogP contribution >= 0.6 is 0 Å². The molecule has 1 aromatic carbocycles. The van der Waals surface area contributed by atoms with Crippen LogP contribution in [0.15, 0.2) is 18.2 Å². The standard InChI is InChI=1S/C14H22N2O3/c1-9(2)16-14(17)8-12(15)11-6-5-10(18-3)7-13(11)19-4/h5-7,9,12H,8,15H2,1-4H3,(H,16,17). The Kier molecular flexibility index (Phi) is 5.63. The molecule has 3 N–H and O–H groups in total. The second-order valence-electron chi connectivity index (χ2n) is 4.64. The molecule has 0 aromatic heterocycles.